The zero-order valence-electron chi connectivity index (χ0n) is 7.88. The topological polar surface area (TPSA) is 85.2 Å². The van der Waals surface area contributed by atoms with Gasteiger partial charge in [0.05, 0.1) is 4.92 Å². The molecule has 17 heavy (non-hydrogen) atoms. The summed E-state index contributed by atoms with van der Waals surface area (Å²) in [6, 6.07) is 0. The Hall–Kier alpha value is -1.58. The van der Waals surface area contributed by atoms with Crippen LogP contribution in [0, 0.1) is 10.1 Å². The van der Waals surface area contributed by atoms with E-state index < -0.39 is 28.3 Å². The first kappa shape index (κ1) is 13.5. The molecule has 94 valence electrons. The van der Waals surface area contributed by atoms with Crippen LogP contribution in [0.3, 0.4) is 0 Å². The van der Waals surface area contributed by atoms with Crippen molar-refractivity contribution in [1.82, 2.24) is 4.98 Å². The fourth-order valence-corrected chi connectivity index (χ4v) is 1.42. The monoisotopic (exact) mass is 316 g/mol. The molecule has 0 unspecified atom stereocenters. The number of aromatic nitrogens is 1. The summed E-state index contributed by atoms with van der Waals surface area (Å²) >= 11 is 2.87. The van der Waals surface area contributed by atoms with Gasteiger partial charge in [0.1, 0.15) is 0 Å². The molecule has 1 N–H and O–H groups in total. The average molecular weight is 317 g/mol. The minimum absolute atomic E-state index is 0.0323. The third kappa shape index (κ3) is 3.19. The number of hydrogen-bond acceptors (Lipinski definition) is 4. The molecule has 0 bridgehead atoms. The number of hydrogen-bond donors (Lipinski definition) is 1. The summed E-state index contributed by atoms with van der Waals surface area (Å²) in [6.45, 7) is 0. The van der Waals surface area contributed by atoms with Gasteiger partial charge in [-0.25, -0.2) is 0 Å². The molecule has 0 amide bonds. The van der Waals surface area contributed by atoms with Gasteiger partial charge in [-0.15, -0.1) is 13.2 Å². The van der Waals surface area contributed by atoms with Gasteiger partial charge >= 0.3 is 12.0 Å². The molecule has 0 atom stereocenters. The van der Waals surface area contributed by atoms with Crippen molar-refractivity contribution in [2.45, 2.75) is 11.7 Å². The maximum atomic E-state index is 11.9. The van der Waals surface area contributed by atoms with Crippen molar-refractivity contribution in [2.24, 2.45) is 0 Å². The molecule has 0 aromatic carbocycles. The molecule has 1 heterocycles. The fourth-order valence-electron chi connectivity index (χ4n) is 1.00. The number of aromatic amines is 1. The van der Waals surface area contributed by atoms with Crippen LogP contribution in [-0.4, -0.2) is 16.3 Å². The summed E-state index contributed by atoms with van der Waals surface area (Å²) in [4.78, 5) is 22.6. The zero-order valence-corrected chi connectivity index (χ0v) is 9.46. The number of ether oxygens (including phenoxy) is 1. The largest absolute Gasteiger partial charge is 0.574 e. The van der Waals surface area contributed by atoms with Crippen molar-refractivity contribution in [3.8, 4) is 5.88 Å². The maximum Gasteiger partial charge on any atom is 0.574 e. The summed E-state index contributed by atoms with van der Waals surface area (Å²) < 4.78 is 39.1. The number of rotatable bonds is 3. The summed E-state index contributed by atoms with van der Waals surface area (Å²) in [5, 5.41) is 10.5. The predicted molar refractivity (Wildman–Crippen MR) is 53.0 cm³/mol. The number of nitrogens with one attached hydrogen (secondary N) is 1. The van der Waals surface area contributed by atoms with Crippen molar-refractivity contribution in [2.75, 3.05) is 0 Å². The molecule has 1 rings (SSSR count). The highest BCUT2D eigenvalue weighted by Crippen LogP contribution is 2.27. The molecule has 0 radical (unpaired) electrons. The minimum atomic E-state index is -5.12. The Morgan fingerprint density at radius 3 is 2.53 bits per heavy atom. The van der Waals surface area contributed by atoms with Gasteiger partial charge in [0.25, 0.3) is 11.3 Å². The van der Waals surface area contributed by atoms with E-state index in [-0.39, 0.29) is 10.9 Å². The molecule has 0 aliphatic carbocycles. The second-order valence-electron chi connectivity index (χ2n) is 2.76. The molecule has 0 aliphatic heterocycles. The van der Waals surface area contributed by atoms with Crippen LogP contribution in [0.25, 0.3) is 0 Å². The van der Waals surface area contributed by atoms with Gasteiger partial charge in [-0.1, -0.05) is 15.9 Å². The molecular formula is C7H4BrF3N2O4. The summed E-state index contributed by atoms with van der Waals surface area (Å²) in [5.74, 6) is -1.24. The lowest BCUT2D eigenvalue weighted by Crippen LogP contribution is -2.22. The Morgan fingerprint density at radius 2 is 2.12 bits per heavy atom. The van der Waals surface area contributed by atoms with Gasteiger partial charge in [0, 0.05) is 17.1 Å². The standard InChI is InChI=1S/C7H4BrF3N2O4/c8-1-3-2-12-6(17-7(9,10)11)4(5(3)14)13(15)16/h2H,1H2,(H,12,14). The van der Waals surface area contributed by atoms with E-state index in [4.69, 9.17) is 0 Å². The highest BCUT2D eigenvalue weighted by molar-refractivity contribution is 9.08. The van der Waals surface area contributed by atoms with E-state index in [1.807, 2.05) is 4.98 Å². The first-order valence-corrected chi connectivity index (χ1v) is 5.09. The maximum absolute atomic E-state index is 11.9. The van der Waals surface area contributed by atoms with Gasteiger partial charge in [-0.3, -0.25) is 14.9 Å². The van der Waals surface area contributed by atoms with E-state index in [2.05, 4.69) is 20.7 Å². The highest BCUT2D eigenvalue weighted by atomic mass is 79.9. The molecule has 0 saturated carbocycles. The van der Waals surface area contributed by atoms with Gasteiger partial charge < -0.3 is 9.72 Å². The molecule has 0 fully saturated rings. The number of halogens is 4. The van der Waals surface area contributed by atoms with Crippen LogP contribution in [0.2, 0.25) is 0 Å². The van der Waals surface area contributed by atoms with E-state index in [9.17, 15) is 28.1 Å². The molecule has 6 nitrogen and oxygen atoms in total. The lowest BCUT2D eigenvalue weighted by molar-refractivity contribution is -0.390. The van der Waals surface area contributed by atoms with Crippen LogP contribution < -0.4 is 10.2 Å². The number of alkyl halides is 4. The molecule has 1 aromatic heterocycles. The highest BCUT2D eigenvalue weighted by Gasteiger charge is 2.36. The van der Waals surface area contributed by atoms with Crippen molar-refractivity contribution in [3.05, 3.63) is 32.1 Å². The van der Waals surface area contributed by atoms with Crippen LogP contribution in [0.15, 0.2) is 11.0 Å². The normalized spacial score (nSPS) is 11.3. The van der Waals surface area contributed by atoms with Crippen molar-refractivity contribution in [3.63, 3.8) is 0 Å². The van der Waals surface area contributed by atoms with Crippen LogP contribution in [0.4, 0.5) is 18.9 Å². The van der Waals surface area contributed by atoms with Gasteiger partial charge in [0.15, 0.2) is 0 Å². The number of pyridine rings is 1. The minimum Gasteiger partial charge on any atom is -0.382 e. The van der Waals surface area contributed by atoms with Crippen LogP contribution >= 0.6 is 15.9 Å². The molecule has 0 saturated heterocycles. The Balaban J connectivity index is 3.37. The number of nitro groups is 1. The van der Waals surface area contributed by atoms with E-state index in [1.54, 1.807) is 0 Å². The Labute approximate surface area is 99.7 Å². The number of nitrogens with zero attached hydrogens (tertiary/aromatic N) is 1. The van der Waals surface area contributed by atoms with Crippen molar-refractivity contribution in [1.29, 1.82) is 0 Å². The predicted octanol–water partition coefficient (Wildman–Crippen LogP) is 2.08. The molecule has 0 aliphatic rings. The Bertz CT molecular complexity index is 499. The van der Waals surface area contributed by atoms with E-state index >= 15 is 0 Å². The van der Waals surface area contributed by atoms with Crippen molar-refractivity contribution < 1.29 is 22.8 Å². The summed E-state index contributed by atoms with van der Waals surface area (Å²) in [7, 11) is 0. The van der Waals surface area contributed by atoms with Gasteiger partial charge in [0.2, 0.25) is 0 Å². The van der Waals surface area contributed by atoms with Gasteiger partial charge in [-0.05, 0) is 0 Å². The third-order valence-electron chi connectivity index (χ3n) is 1.64. The first-order chi connectivity index (χ1) is 7.76. The molecule has 0 spiro atoms. The second-order valence-corrected chi connectivity index (χ2v) is 3.32. The lowest BCUT2D eigenvalue weighted by atomic mass is 10.3. The molecule has 10 heteroatoms. The second kappa shape index (κ2) is 4.73. The van der Waals surface area contributed by atoms with E-state index in [0.29, 0.717) is 0 Å². The molecule has 1 aromatic rings. The molecular weight excluding hydrogens is 313 g/mol. The van der Waals surface area contributed by atoms with E-state index in [0.717, 1.165) is 6.20 Å². The third-order valence-corrected chi connectivity index (χ3v) is 2.25. The number of H-pyrrole nitrogens is 1. The Kier molecular flexibility index (Phi) is 3.76. The zero-order chi connectivity index (χ0) is 13.2. The average Bonchev–Trinajstić information content (AvgIpc) is 2.14. The smallest absolute Gasteiger partial charge is 0.382 e. The SMILES string of the molecule is O=c1c(CBr)c[nH]c(OC(F)(F)F)c1[N+](=O)[O-]. The van der Waals surface area contributed by atoms with Gasteiger partial charge in [-0.2, -0.15) is 0 Å². The quantitative estimate of drug-likeness (QED) is 0.525. The first-order valence-electron chi connectivity index (χ1n) is 3.97. The van der Waals surface area contributed by atoms with E-state index in [1.165, 1.54) is 0 Å². The lowest BCUT2D eigenvalue weighted by Gasteiger charge is -2.08. The van der Waals surface area contributed by atoms with Crippen LogP contribution in [-0.2, 0) is 5.33 Å². The fraction of sp³-hybridized carbons (Fsp3) is 0.286. The van der Waals surface area contributed by atoms with Crippen molar-refractivity contribution >= 4 is 21.6 Å². The summed E-state index contributed by atoms with van der Waals surface area (Å²) in [6.07, 6.45) is -4.21. The Morgan fingerprint density at radius 1 is 1.53 bits per heavy atom. The van der Waals surface area contributed by atoms with Crippen LogP contribution in [0.1, 0.15) is 5.56 Å². The van der Waals surface area contributed by atoms with Crippen LogP contribution in [0.5, 0.6) is 5.88 Å². The summed E-state index contributed by atoms with van der Waals surface area (Å²) in [5.41, 5.74) is -2.49.